The van der Waals surface area contributed by atoms with Crippen LogP contribution in [-0.2, 0) is 25.4 Å². The van der Waals surface area contributed by atoms with E-state index in [1.807, 2.05) is 35.0 Å². The molecule has 1 fully saturated rings. The molecule has 2 aromatic rings. The van der Waals surface area contributed by atoms with Gasteiger partial charge in [-0.05, 0) is 12.1 Å². The van der Waals surface area contributed by atoms with Crippen molar-refractivity contribution in [3.63, 3.8) is 0 Å². The SMILES string of the molecule is CO[C@H]1[C@H](N(C)C(=O)Cc2cn3ccccc3n2)COC[C@H]1OC. The van der Waals surface area contributed by atoms with Crippen LogP contribution in [0.3, 0.4) is 0 Å². The fraction of sp³-hybridized carbons (Fsp3) is 0.529. The number of amides is 1. The van der Waals surface area contributed by atoms with Gasteiger partial charge in [0.2, 0.25) is 5.91 Å². The quantitative estimate of drug-likeness (QED) is 0.808. The lowest BCUT2D eigenvalue weighted by atomic mass is 10.0. The van der Waals surface area contributed by atoms with Crippen molar-refractivity contribution in [3.05, 3.63) is 36.3 Å². The molecular formula is C17H23N3O4. The van der Waals surface area contributed by atoms with Crippen LogP contribution in [0.4, 0.5) is 0 Å². The minimum Gasteiger partial charge on any atom is -0.376 e. The zero-order valence-corrected chi connectivity index (χ0v) is 14.2. The normalized spacial score (nSPS) is 24.2. The molecule has 130 valence electrons. The monoisotopic (exact) mass is 333 g/mol. The summed E-state index contributed by atoms with van der Waals surface area (Å²) in [5.74, 6) is -0.0224. The molecule has 1 amide bonds. The number of rotatable bonds is 5. The molecule has 3 rings (SSSR count). The first-order valence-electron chi connectivity index (χ1n) is 7.95. The first kappa shape index (κ1) is 16.9. The number of pyridine rings is 1. The Morgan fingerprint density at radius 3 is 2.92 bits per heavy atom. The standard InChI is InChI=1S/C17H23N3O4/c1-19(13-10-24-11-14(22-2)17(13)23-3)16(21)8-12-9-20-7-5-4-6-15(20)18-12/h4-7,9,13-14,17H,8,10-11H2,1-3H3/t13-,14-,17+/m1/s1. The molecule has 0 aliphatic carbocycles. The molecule has 0 aromatic carbocycles. The molecule has 1 aliphatic rings. The van der Waals surface area contributed by atoms with Gasteiger partial charge in [0.15, 0.2) is 0 Å². The van der Waals surface area contributed by atoms with E-state index in [2.05, 4.69) is 4.98 Å². The molecule has 2 aromatic heterocycles. The van der Waals surface area contributed by atoms with Gasteiger partial charge in [-0.3, -0.25) is 4.79 Å². The van der Waals surface area contributed by atoms with E-state index in [0.29, 0.717) is 13.2 Å². The summed E-state index contributed by atoms with van der Waals surface area (Å²) >= 11 is 0. The zero-order valence-electron chi connectivity index (χ0n) is 14.2. The molecule has 0 saturated carbocycles. The number of fused-ring (bicyclic) bond motifs is 1. The number of imidazole rings is 1. The first-order chi connectivity index (χ1) is 11.6. The van der Waals surface area contributed by atoms with Gasteiger partial charge in [0.1, 0.15) is 17.9 Å². The third kappa shape index (κ3) is 3.28. The van der Waals surface area contributed by atoms with Crippen LogP contribution >= 0.6 is 0 Å². The lowest BCUT2D eigenvalue weighted by molar-refractivity contribution is -0.164. The van der Waals surface area contributed by atoms with Crippen molar-refractivity contribution in [2.75, 3.05) is 34.5 Å². The van der Waals surface area contributed by atoms with Crippen LogP contribution in [-0.4, -0.2) is 72.9 Å². The minimum absolute atomic E-state index is 0.0224. The Hall–Kier alpha value is -1.96. The van der Waals surface area contributed by atoms with E-state index in [0.717, 1.165) is 11.3 Å². The smallest absolute Gasteiger partial charge is 0.228 e. The summed E-state index contributed by atoms with van der Waals surface area (Å²) in [6, 6.07) is 5.59. The minimum atomic E-state index is -0.209. The van der Waals surface area contributed by atoms with Gasteiger partial charge in [0, 0.05) is 33.7 Å². The van der Waals surface area contributed by atoms with Gasteiger partial charge < -0.3 is 23.5 Å². The van der Waals surface area contributed by atoms with Gasteiger partial charge >= 0.3 is 0 Å². The maximum atomic E-state index is 12.7. The zero-order chi connectivity index (χ0) is 17.1. The van der Waals surface area contributed by atoms with Crippen molar-refractivity contribution in [2.24, 2.45) is 0 Å². The fourth-order valence-corrected chi connectivity index (χ4v) is 3.12. The number of likely N-dealkylation sites (N-methyl/N-ethyl adjacent to an activating group) is 1. The van der Waals surface area contributed by atoms with Crippen molar-refractivity contribution in [2.45, 2.75) is 24.7 Å². The maximum absolute atomic E-state index is 12.7. The third-order valence-electron chi connectivity index (χ3n) is 4.53. The summed E-state index contributed by atoms with van der Waals surface area (Å²) in [6.07, 6.45) is 3.64. The molecule has 24 heavy (non-hydrogen) atoms. The Morgan fingerprint density at radius 1 is 1.38 bits per heavy atom. The lowest BCUT2D eigenvalue weighted by Gasteiger charge is -2.40. The highest BCUT2D eigenvalue weighted by molar-refractivity contribution is 5.78. The Kier molecular flexibility index (Phi) is 5.13. The molecule has 0 radical (unpaired) electrons. The molecule has 0 N–H and O–H groups in total. The van der Waals surface area contributed by atoms with Crippen molar-refractivity contribution in [1.82, 2.24) is 14.3 Å². The van der Waals surface area contributed by atoms with Crippen molar-refractivity contribution >= 4 is 11.6 Å². The molecule has 1 saturated heterocycles. The first-order valence-corrected chi connectivity index (χ1v) is 7.95. The largest absolute Gasteiger partial charge is 0.376 e. The number of hydrogen-bond donors (Lipinski definition) is 0. The maximum Gasteiger partial charge on any atom is 0.228 e. The van der Waals surface area contributed by atoms with E-state index in [4.69, 9.17) is 14.2 Å². The van der Waals surface area contributed by atoms with Gasteiger partial charge in [0.25, 0.3) is 0 Å². The van der Waals surface area contributed by atoms with Crippen molar-refractivity contribution in [1.29, 1.82) is 0 Å². The van der Waals surface area contributed by atoms with E-state index in [1.165, 1.54) is 0 Å². The van der Waals surface area contributed by atoms with E-state index >= 15 is 0 Å². The van der Waals surface area contributed by atoms with Crippen LogP contribution in [0.25, 0.3) is 5.65 Å². The molecule has 3 heterocycles. The average Bonchev–Trinajstić information content (AvgIpc) is 3.02. The summed E-state index contributed by atoms with van der Waals surface area (Å²) in [6.45, 7) is 0.908. The molecule has 3 atom stereocenters. The highest BCUT2D eigenvalue weighted by Gasteiger charge is 2.38. The molecule has 1 aliphatic heterocycles. The van der Waals surface area contributed by atoms with Crippen molar-refractivity contribution < 1.29 is 19.0 Å². The Labute approximate surface area is 141 Å². The van der Waals surface area contributed by atoms with E-state index in [-0.39, 0.29) is 30.6 Å². The van der Waals surface area contributed by atoms with Crippen LogP contribution in [0.5, 0.6) is 0 Å². The van der Waals surface area contributed by atoms with Crippen LogP contribution in [0.1, 0.15) is 5.69 Å². The number of nitrogens with zero attached hydrogens (tertiary/aromatic N) is 3. The molecular weight excluding hydrogens is 310 g/mol. The highest BCUT2D eigenvalue weighted by Crippen LogP contribution is 2.19. The average molecular weight is 333 g/mol. The van der Waals surface area contributed by atoms with Gasteiger partial charge in [0.05, 0.1) is 31.4 Å². The predicted octanol–water partition coefficient (Wildman–Crippen LogP) is 0.764. The molecule has 0 bridgehead atoms. The summed E-state index contributed by atoms with van der Waals surface area (Å²) in [4.78, 5) is 18.8. The van der Waals surface area contributed by atoms with Crippen molar-refractivity contribution in [3.8, 4) is 0 Å². The van der Waals surface area contributed by atoms with Crippen LogP contribution < -0.4 is 0 Å². The number of aromatic nitrogens is 2. The summed E-state index contributed by atoms with van der Waals surface area (Å²) in [5.41, 5.74) is 1.57. The highest BCUT2D eigenvalue weighted by atomic mass is 16.6. The number of methoxy groups -OCH3 is 2. The Morgan fingerprint density at radius 2 is 2.21 bits per heavy atom. The Bertz CT molecular complexity index is 669. The van der Waals surface area contributed by atoms with E-state index in [1.54, 1.807) is 26.2 Å². The van der Waals surface area contributed by atoms with Gasteiger partial charge in [-0.25, -0.2) is 4.98 Å². The summed E-state index contributed by atoms with van der Waals surface area (Å²) in [5, 5.41) is 0. The van der Waals surface area contributed by atoms with Crippen LogP contribution in [0, 0.1) is 0 Å². The summed E-state index contributed by atoms with van der Waals surface area (Å²) in [7, 11) is 5.03. The fourth-order valence-electron chi connectivity index (χ4n) is 3.12. The van der Waals surface area contributed by atoms with E-state index < -0.39 is 0 Å². The summed E-state index contributed by atoms with van der Waals surface area (Å²) < 4.78 is 18.4. The van der Waals surface area contributed by atoms with Crippen LogP contribution in [0.2, 0.25) is 0 Å². The second-order valence-electron chi connectivity index (χ2n) is 5.96. The molecule has 0 spiro atoms. The third-order valence-corrected chi connectivity index (χ3v) is 4.53. The van der Waals surface area contributed by atoms with E-state index in [9.17, 15) is 4.79 Å². The van der Waals surface area contributed by atoms with Gasteiger partial charge in [-0.2, -0.15) is 0 Å². The van der Waals surface area contributed by atoms with Gasteiger partial charge in [-0.1, -0.05) is 6.07 Å². The second kappa shape index (κ2) is 7.29. The number of carbonyl (C=O) groups excluding carboxylic acids is 1. The number of carbonyl (C=O) groups is 1. The predicted molar refractivity (Wildman–Crippen MR) is 87.9 cm³/mol. The second-order valence-corrected chi connectivity index (χ2v) is 5.96. The van der Waals surface area contributed by atoms with Crippen LogP contribution in [0.15, 0.2) is 30.6 Å². The van der Waals surface area contributed by atoms with Gasteiger partial charge in [-0.15, -0.1) is 0 Å². The Balaban J connectivity index is 1.71. The number of hydrogen-bond acceptors (Lipinski definition) is 5. The topological polar surface area (TPSA) is 65.3 Å². The lowest BCUT2D eigenvalue weighted by Crippen LogP contribution is -2.57. The molecule has 7 heteroatoms. The number of ether oxygens (including phenoxy) is 3. The molecule has 0 unspecified atom stereocenters. The molecule has 7 nitrogen and oxygen atoms in total.